The van der Waals surface area contributed by atoms with Gasteiger partial charge in [-0.2, -0.15) is 4.31 Å². The van der Waals surface area contributed by atoms with Crippen LogP contribution in [0.3, 0.4) is 0 Å². The van der Waals surface area contributed by atoms with E-state index < -0.39 is 21.7 Å². The summed E-state index contributed by atoms with van der Waals surface area (Å²) in [5.74, 6) is -1.15. The van der Waals surface area contributed by atoms with Gasteiger partial charge < -0.3 is 10.2 Å². The van der Waals surface area contributed by atoms with Crippen molar-refractivity contribution in [2.24, 2.45) is 0 Å². The maximum atomic E-state index is 12.6. The van der Waals surface area contributed by atoms with Crippen molar-refractivity contribution in [3.63, 3.8) is 0 Å². The molecule has 1 heterocycles. The summed E-state index contributed by atoms with van der Waals surface area (Å²) in [6.07, 6.45) is 0. The second kappa shape index (κ2) is 8.29. The molecule has 0 aromatic heterocycles. The van der Waals surface area contributed by atoms with Crippen LogP contribution in [0.15, 0.2) is 48.5 Å². The van der Waals surface area contributed by atoms with Crippen LogP contribution in [0.2, 0.25) is 5.02 Å². The van der Waals surface area contributed by atoms with E-state index in [0.29, 0.717) is 36.9 Å². The van der Waals surface area contributed by atoms with E-state index in [-0.39, 0.29) is 0 Å². The van der Waals surface area contributed by atoms with Gasteiger partial charge in [-0.15, -0.1) is 0 Å². The van der Waals surface area contributed by atoms with Gasteiger partial charge in [-0.25, -0.2) is 8.42 Å². The molecule has 0 bridgehead atoms. The van der Waals surface area contributed by atoms with Crippen LogP contribution in [-0.2, 0) is 14.8 Å². The van der Waals surface area contributed by atoms with Crippen molar-refractivity contribution in [1.29, 1.82) is 0 Å². The Morgan fingerprint density at radius 2 is 1.78 bits per heavy atom. The third kappa shape index (κ3) is 5.22. The van der Waals surface area contributed by atoms with Crippen molar-refractivity contribution in [1.82, 2.24) is 4.31 Å². The van der Waals surface area contributed by atoms with Crippen LogP contribution in [0.5, 0.6) is 0 Å². The summed E-state index contributed by atoms with van der Waals surface area (Å²) in [5, 5.41) is 3.05. The molecule has 1 fully saturated rings. The van der Waals surface area contributed by atoms with Gasteiger partial charge in [0.05, 0.1) is 0 Å². The Morgan fingerprint density at radius 3 is 2.44 bits per heavy atom. The number of nitrogens with zero attached hydrogens (tertiary/aromatic N) is 2. The van der Waals surface area contributed by atoms with Gasteiger partial charge in [0.2, 0.25) is 15.9 Å². The highest BCUT2D eigenvalue weighted by Gasteiger charge is 2.29. The molecule has 3 rings (SSSR count). The van der Waals surface area contributed by atoms with Crippen LogP contribution >= 0.6 is 11.6 Å². The van der Waals surface area contributed by atoms with Crippen LogP contribution in [0, 0.1) is 6.92 Å². The molecule has 1 N–H and O–H groups in total. The summed E-state index contributed by atoms with van der Waals surface area (Å²) in [7, 11) is -3.66. The number of hydrogen-bond acceptors (Lipinski definition) is 4. The molecule has 1 amide bonds. The number of nitrogens with one attached hydrogen (secondary N) is 1. The lowest BCUT2D eigenvalue weighted by Gasteiger charge is -2.35. The third-order valence-corrected chi connectivity index (χ3v) is 6.43. The molecule has 0 radical (unpaired) electrons. The molecule has 27 heavy (non-hydrogen) atoms. The fourth-order valence-corrected chi connectivity index (χ4v) is 4.57. The second-order valence-corrected chi connectivity index (χ2v) is 8.95. The quantitative estimate of drug-likeness (QED) is 0.827. The molecule has 0 spiro atoms. The number of sulfonamides is 1. The summed E-state index contributed by atoms with van der Waals surface area (Å²) in [6, 6.07) is 14.7. The van der Waals surface area contributed by atoms with Crippen LogP contribution in [0.4, 0.5) is 11.4 Å². The summed E-state index contributed by atoms with van der Waals surface area (Å²) < 4.78 is 26.5. The molecule has 0 unspecified atom stereocenters. The highest BCUT2D eigenvalue weighted by atomic mass is 35.5. The van der Waals surface area contributed by atoms with Crippen molar-refractivity contribution in [2.45, 2.75) is 6.92 Å². The normalized spacial score (nSPS) is 15.6. The zero-order valence-corrected chi connectivity index (χ0v) is 16.6. The number of rotatable bonds is 5. The van der Waals surface area contributed by atoms with E-state index in [2.05, 4.69) is 16.3 Å². The molecule has 0 atom stereocenters. The van der Waals surface area contributed by atoms with Gasteiger partial charge in [-0.05, 0) is 42.8 Å². The first-order valence-electron chi connectivity index (χ1n) is 8.68. The standard InChI is InChI=1S/C19H22ClN3O3S/c1-15-4-2-7-18(12-15)22-8-10-23(11-9-22)27(25,26)14-19(24)21-17-6-3-5-16(20)13-17/h2-7,12-13H,8-11,14H2,1H3,(H,21,24). The Balaban J connectivity index is 1.57. The zero-order chi connectivity index (χ0) is 19.4. The molecule has 2 aromatic rings. The minimum absolute atomic E-state index is 0.362. The predicted molar refractivity (Wildman–Crippen MR) is 109 cm³/mol. The van der Waals surface area contributed by atoms with Crippen LogP contribution in [0.1, 0.15) is 5.56 Å². The first-order chi connectivity index (χ1) is 12.8. The topological polar surface area (TPSA) is 69.7 Å². The molecule has 1 aliphatic heterocycles. The van der Waals surface area contributed by atoms with E-state index in [1.165, 1.54) is 9.87 Å². The molecule has 6 nitrogen and oxygen atoms in total. The molecule has 2 aromatic carbocycles. The van der Waals surface area contributed by atoms with Crippen molar-refractivity contribution in [3.8, 4) is 0 Å². The lowest BCUT2D eigenvalue weighted by molar-refractivity contribution is -0.113. The van der Waals surface area contributed by atoms with Crippen molar-refractivity contribution in [3.05, 3.63) is 59.1 Å². The number of piperazine rings is 1. The first kappa shape index (κ1) is 19.7. The first-order valence-corrected chi connectivity index (χ1v) is 10.7. The molecule has 0 saturated carbocycles. The summed E-state index contributed by atoms with van der Waals surface area (Å²) in [5.41, 5.74) is 2.73. The van der Waals surface area contributed by atoms with Crippen molar-refractivity contribution < 1.29 is 13.2 Å². The number of hydrogen-bond donors (Lipinski definition) is 1. The molecule has 144 valence electrons. The largest absolute Gasteiger partial charge is 0.369 e. The predicted octanol–water partition coefficient (Wildman–Crippen LogP) is 2.74. The van der Waals surface area contributed by atoms with Gasteiger partial charge in [-0.3, -0.25) is 4.79 Å². The Hall–Kier alpha value is -2.09. The fourth-order valence-electron chi connectivity index (χ4n) is 3.07. The Bertz CT molecular complexity index is 925. The number of benzene rings is 2. The number of amides is 1. The molecule has 8 heteroatoms. The summed E-state index contributed by atoms with van der Waals surface area (Å²) in [4.78, 5) is 14.3. The molecule has 1 saturated heterocycles. The SMILES string of the molecule is Cc1cccc(N2CCN(S(=O)(=O)CC(=O)Nc3cccc(Cl)c3)CC2)c1. The van der Waals surface area contributed by atoms with Crippen LogP contribution in [-0.4, -0.2) is 50.6 Å². The van der Waals surface area contributed by atoms with Crippen molar-refractivity contribution in [2.75, 3.05) is 42.1 Å². The highest BCUT2D eigenvalue weighted by molar-refractivity contribution is 7.89. The van der Waals surface area contributed by atoms with Gasteiger partial charge in [0.1, 0.15) is 5.75 Å². The number of carbonyl (C=O) groups is 1. The van der Waals surface area contributed by atoms with Gasteiger partial charge in [0.25, 0.3) is 0 Å². The van der Waals surface area contributed by atoms with Gasteiger partial charge >= 0.3 is 0 Å². The maximum Gasteiger partial charge on any atom is 0.241 e. The van der Waals surface area contributed by atoms with Crippen LogP contribution in [0.25, 0.3) is 0 Å². The maximum absolute atomic E-state index is 12.6. The lowest BCUT2D eigenvalue weighted by Crippen LogP contribution is -2.50. The van der Waals surface area contributed by atoms with E-state index in [1.807, 2.05) is 25.1 Å². The van der Waals surface area contributed by atoms with Gasteiger partial charge in [0.15, 0.2) is 0 Å². The van der Waals surface area contributed by atoms with E-state index in [9.17, 15) is 13.2 Å². The Labute approximate surface area is 164 Å². The highest BCUT2D eigenvalue weighted by Crippen LogP contribution is 2.19. The number of carbonyl (C=O) groups excluding carboxylic acids is 1. The second-order valence-electron chi connectivity index (χ2n) is 6.54. The summed E-state index contributed by atoms with van der Waals surface area (Å²) in [6.45, 7) is 3.95. The minimum atomic E-state index is -3.66. The van der Waals surface area contributed by atoms with E-state index in [4.69, 9.17) is 11.6 Å². The smallest absolute Gasteiger partial charge is 0.241 e. The fraction of sp³-hybridized carbons (Fsp3) is 0.316. The molecule has 0 aliphatic carbocycles. The monoisotopic (exact) mass is 407 g/mol. The van der Waals surface area contributed by atoms with E-state index in [1.54, 1.807) is 24.3 Å². The number of anilines is 2. The summed E-state index contributed by atoms with van der Waals surface area (Å²) >= 11 is 5.87. The molecular formula is C19H22ClN3O3S. The Kier molecular flexibility index (Phi) is 6.04. The van der Waals surface area contributed by atoms with Crippen molar-refractivity contribution >= 4 is 38.9 Å². The zero-order valence-electron chi connectivity index (χ0n) is 15.1. The molecular weight excluding hydrogens is 386 g/mol. The lowest BCUT2D eigenvalue weighted by atomic mass is 10.2. The van der Waals surface area contributed by atoms with Gasteiger partial charge in [-0.1, -0.05) is 29.8 Å². The average Bonchev–Trinajstić information content (AvgIpc) is 2.61. The van der Waals surface area contributed by atoms with E-state index >= 15 is 0 Å². The molecule has 1 aliphatic rings. The third-order valence-electron chi connectivity index (χ3n) is 4.42. The minimum Gasteiger partial charge on any atom is -0.369 e. The van der Waals surface area contributed by atoms with Gasteiger partial charge in [0, 0.05) is 42.6 Å². The Morgan fingerprint density at radius 1 is 1.07 bits per heavy atom. The van der Waals surface area contributed by atoms with E-state index in [0.717, 1.165) is 5.69 Å². The number of halogens is 1. The van der Waals surface area contributed by atoms with Crippen LogP contribution < -0.4 is 10.2 Å². The number of aryl methyl sites for hydroxylation is 1. The average molecular weight is 408 g/mol.